The van der Waals surface area contributed by atoms with Crippen LogP contribution >= 0.6 is 0 Å². The van der Waals surface area contributed by atoms with Gasteiger partial charge in [-0.3, -0.25) is 13.9 Å². The van der Waals surface area contributed by atoms with Crippen LogP contribution in [0, 0.1) is 6.92 Å². The number of hydrogen-bond donors (Lipinski definition) is 1. The molecule has 3 aromatic carbocycles. The zero-order valence-electron chi connectivity index (χ0n) is 23.0. The first-order valence-electron chi connectivity index (χ1n) is 12.8. The summed E-state index contributed by atoms with van der Waals surface area (Å²) in [6.45, 7) is 2.24. The van der Waals surface area contributed by atoms with Crippen LogP contribution in [0.4, 0.5) is 5.69 Å². The largest absolute Gasteiger partial charge is 0.497 e. The number of rotatable bonds is 13. The summed E-state index contributed by atoms with van der Waals surface area (Å²) in [6, 6.07) is 23.4. The molecule has 0 radical (unpaired) electrons. The number of hydrogen-bond acceptors (Lipinski definition) is 5. The molecule has 9 heteroatoms. The van der Waals surface area contributed by atoms with Crippen LogP contribution in [-0.2, 0) is 32.6 Å². The molecule has 0 bridgehead atoms. The van der Waals surface area contributed by atoms with E-state index >= 15 is 0 Å². The summed E-state index contributed by atoms with van der Waals surface area (Å²) in [4.78, 5) is 28.4. The molecule has 2 amide bonds. The molecule has 0 spiro atoms. The van der Waals surface area contributed by atoms with Crippen LogP contribution in [-0.4, -0.2) is 58.1 Å². The van der Waals surface area contributed by atoms with Crippen LogP contribution in [0.1, 0.15) is 29.5 Å². The maximum Gasteiger partial charge on any atom is 0.242 e. The summed E-state index contributed by atoms with van der Waals surface area (Å²) in [5, 5.41) is 2.70. The molecular formula is C30H37N3O5S. The minimum absolute atomic E-state index is 0.0735. The lowest BCUT2D eigenvalue weighted by atomic mass is 10.0. The Labute approximate surface area is 231 Å². The number of carbonyl (C=O) groups is 2. The van der Waals surface area contributed by atoms with Gasteiger partial charge in [-0.25, -0.2) is 8.42 Å². The molecule has 3 aromatic rings. The molecule has 0 fully saturated rings. The molecular weight excluding hydrogens is 514 g/mol. The number of likely N-dealkylation sites (N-methyl/N-ethyl adjacent to an activating group) is 1. The fourth-order valence-electron chi connectivity index (χ4n) is 4.48. The topological polar surface area (TPSA) is 96.0 Å². The molecule has 8 nitrogen and oxygen atoms in total. The van der Waals surface area contributed by atoms with Gasteiger partial charge in [0, 0.05) is 33.0 Å². The van der Waals surface area contributed by atoms with Crippen molar-refractivity contribution in [3.8, 4) is 5.75 Å². The predicted octanol–water partition coefficient (Wildman–Crippen LogP) is 3.94. The second kappa shape index (κ2) is 13.8. The lowest BCUT2D eigenvalue weighted by molar-refractivity contribution is -0.141. The van der Waals surface area contributed by atoms with Crippen molar-refractivity contribution in [3.05, 3.63) is 95.6 Å². The highest BCUT2D eigenvalue weighted by molar-refractivity contribution is 7.92. The lowest BCUT2D eigenvalue weighted by Gasteiger charge is -2.31. The van der Waals surface area contributed by atoms with Crippen LogP contribution in [0.25, 0.3) is 0 Å². The number of nitrogens with zero attached hydrogens (tertiary/aromatic N) is 2. The van der Waals surface area contributed by atoms with Crippen LogP contribution in [0.15, 0.2) is 78.9 Å². The zero-order chi connectivity index (χ0) is 28.4. The lowest BCUT2D eigenvalue weighted by Crippen LogP contribution is -2.49. The summed E-state index contributed by atoms with van der Waals surface area (Å²) < 4.78 is 31.8. The van der Waals surface area contributed by atoms with Gasteiger partial charge in [0.2, 0.25) is 21.8 Å². The second-order valence-electron chi connectivity index (χ2n) is 9.47. The Morgan fingerprint density at radius 1 is 0.949 bits per heavy atom. The van der Waals surface area contributed by atoms with E-state index in [1.165, 1.54) is 4.31 Å². The first-order valence-corrected chi connectivity index (χ1v) is 14.7. The standard InChI is InChI=1S/C30H37N3O5S/c1-23-11-8-15-26(19-23)33(39(4,36)37)18-10-17-29(34)32(22-25-14-9-16-27(20-25)38-3)28(30(35)31-2)21-24-12-6-5-7-13-24/h5-9,11-16,19-20,28H,10,17-18,21-22H2,1-4H3,(H,31,35). The molecule has 39 heavy (non-hydrogen) atoms. The highest BCUT2D eigenvalue weighted by Crippen LogP contribution is 2.22. The summed E-state index contributed by atoms with van der Waals surface area (Å²) in [5.41, 5.74) is 3.25. The number of benzene rings is 3. The molecule has 1 atom stereocenters. The average molecular weight is 552 g/mol. The molecule has 208 valence electrons. The number of methoxy groups -OCH3 is 1. The molecule has 3 rings (SSSR count). The van der Waals surface area contributed by atoms with E-state index in [1.54, 1.807) is 37.3 Å². The van der Waals surface area contributed by atoms with Crippen molar-refractivity contribution in [2.75, 3.05) is 31.3 Å². The number of nitrogens with one attached hydrogen (secondary N) is 1. The van der Waals surface area contributed by atoms with Gasteiger partial charge in [-0.05, 0) is 54.3 Å². The summed E-state index contributed by atoms with van der Waals surface area (Å²) in [7, 11) is -0.421. The van der Waals surface area contributed by atoms with Crippen LogP contribution in [0.5, 0.6) is 5.75 Å². The zero-order valence-corrected chi connectivity index (χ0v) is 23.8. The Hall–Kier alpha value is -3.85. The fourth-order valence-corrected chi connectivity index (χ4v) is 5.43. The number of anilines is 1. The molecule has 0 aliphatic rings. The maximum atomic E-state index is 13.7. The minimum Gasteiger partial charge on any atom is -0.497 e. The fraction of sp³-hybridized carbons (Fsp3) is 0.333. The number of aryl methyl sites for hydroxylation is 1. The highest BCUT2D eigenvalue weighted by atomic mass is 32.2. The van der Waals surface area contributed by atoms with Crippen LogP contribution in [0.3, 0.4) is 0 Å². The molecule has 0 aromatic heterocycles. The van der Waals surface area contributed by atoms with Gasteiger partial charge >= 0.3 is 0 Å². The maximum absolute atomic E-state index is 13.7. The predicted molar refractivity (Wildman–Crippen MR) is 154 cm³/mol. The average Bonchev–Trinajstić information content (AvgIpc) is 2.92. The Bertz CT molecular complexity index is 1360. The molecule has 0 saturated heterocycles. The third-order valence-corrected chi connectivity index (χ3v) is 7.64. The summed E-state index contributed by atoms with van der Waals surface area (Å²) >= 11 is 0. The molecule has 0 aliphatic heterocycles. The van der Waals surface area contributed by atoms with E-state index in [9.17, 15) is 18.0 Å². The van der Waals surface area contributed by atoms with Crippen molar-refractivity contribution in [1.82, 2.24) is 10.2 Å². The van der Waals surface area contributed by atoms with Crippen molar-refractivity contribution in [3.63, 3.8) is 0 Å². The molecule has 0 aliphatic carbocycles. The monoisotopic (exact) mass is 551 g/mol. The van der Waals surface area contributed by atoms with Crippen molar-refractivity contribution in [1.29, 1.82) is 0 Å². The van der Waals surface area contributed by atoms with E-state index in [-0.39, 0.29) is 31.3 Å². The molecule has 0 heterocycles. The highest BCUT2D eigenvalue weighted by Gasteiger charge is 2.30. The van der Waals surface area contributed by atoms with E-state index in [1.807, 2.05) is 67.6 Å². The van der Waals surface area contributed by atoms with E-state index in [0.29, 0.717) is 24.3 Å². The smallest absolute Gasteiger partial charge is 0.242 e. The van der Waals surface area contributed by atoms with Gasteiger partial charge in [-0.1, -0.05) is 54.6 Å². The van der Waals surface area contributed by atoms with Gasteiger partial charge in [0.25, 0.3) is 0 Å². The van der Waals surface area contributed by atoms with Gasteiger partial charge in [-0.2, -0.15) is 0 Å². The van der Waals surface area contributed by atoms with E-state index in [4.69, 9.17) is 4.74 Å². The Balaban J connectivity index is 1.86. The SMILES string of the molecule is CNC(=O)C(Cc1ccccc1)N(Cc1cccc(OC)c1)C(=O)CCCN(c1cccc(C)c1)S(C)(=O)=O. The van der Waals surface area contributed by atoms with Crippen molar-refractivity contribution in [2.24, 2.45) is 0 Å². The quantitative estimate of drug-likeness (QED) is 0.347. The van der Waals surface area contributed by atoms with E-state index in [2.05, 4.69) is 5.32 Å². The number of sulfonamides is 1. The van der Waals surface area contributed by atoms with Crippen molar-refractivity contribution in [2.45, 2.75) is 38.8 Å². The van der Waals surface area contributed by atoms with Gasteiger partial charge in [0.15, 0.2) is 0 Å². The first-order chi connectivity index (χ1) is 18.6. The Kier molecular flexibility index (Phi) is 10.5. The normalized spacial score (nSPS) is 11.9. The minimum atomic E-state index is -3.55. The first kappa shape index (κ1) is 29.7. The van der Waals surface area contributed by atoms with Gasteiger partial charge in [-0.15, -0.1) is 0 Å². The van der Waals surface area contributed by atoms with Gasteiger partial charge in [0.05, 0.1) is 19.1 Å². The van der Waals surface area contributed by atoms with E-state index in [0.717, 1.165) is 22.9 Å². The third kappa shape index (κ3) is 8.58. The Morgan fingerprint density at radius 2 is 1.64 bits per heavy atom. The molecule has 1 N–H and O–H groups in total. The van der Waals surface area contributed by atoms with Crippen molar-refractivity contribution < 1.29 is 22.7 Å². The van der Waals surface area contributed by atoms with Crippen molar-refractivity contribution >= 4 is 27.5 Å². The number of ether oxygens (including phenoxy) is 1. The molecule has 1 unspecified atom stereocenters. The van der Waals surface area contributed by atoms with Gasteiger partial charge in [0.1, 0.15) is 11.8 Å². The molecule has 0 saturated carbocycles. The van der Waals surface area contributed by atoms with Crippen LogP contribution < -0.4 is 14.4 Å². The van der Waals surface area contributed by atoms with E-state index < -0.39 is 16.1 Å². The van der Waals surface area contributed by atoms with Crippen LogP contribution in [0.2, 0.25) is 0 Å². The number of amides is 2. The van der Waals surface area contributed by atoms with Gasteiger partial charge < -0.3 is 15.0 Å². The number of carbonyl (C=O) groups excluding carboxylic acids is 2. The summed E-state index contributed by atoms with van der Waals surface area (Å²) in [6.07, 6.45) is 1.87. The Morgan fingerprint density at radius 3 is 2.28 bits per heavy atom. The summed E-state index contributed by atoms with van der Waals surface area (Å²) in [5.74, 6) is 0.147. The second-order valence-corrected chi connectivity index (χ2v) is 11.4. The third-order valence-electron chi connectivity index (χ3n) is 6.45.